The molecular formula is C20H39N3O3. The summed E-state index contributed by atoms with van der Waals surface area (Å²) >= 11 is 0. The third-order valence-electron chi connectivity index (χ3n) is 5.46. The van der Waals surface area contributed by atoms with Crippen molar-refractivity contribution in [3.8, 4) is 0 Å². The van der Waals surface area contributed by atoms with Crippen LogP contribution in [0, 0.1) is 5.92 Å². The van der Waals surface area contributed by atoms with E-state index < -0.39 is 5.60 Å². The Morgan fingerprint density at radius 1 is 1.12 bits per heavy atom. The van der Waals surface area contributed by atoms with E-state index in [9.17, 15) is 4.79 Å². The molecule has 26 heavy (non-hydrogen) atoms. The molecule has 2 atom stereocenters. The summed E-state index contributed by atoms with van der Waals surface area (Å²) in [5.74, 6) is 0.595. The van der Waals surface area contributed by atoms with E-state index in [1.54, 1.807) is 7.11 Å². The lowest BCUT2D eigenvalue weighted by Crippen LogP contribution is -2.53. The first-order chi connectivity index (χ1) is 12.3. The number of carbonyl (C=O) groups is 1. The van der Waals surface area contributed by atoms with Gasteiger partial charge in [0.05, 0.1) is 6.61 Å². The average Bonchev–Trinajstić information content (AvgIpc) is 2.58. The zero-order valence-electron chi connectivity index (χ0n) is 17.5. The van der Waals surface area contributed by atoms with Crippen LogP contribution in [-0.4, -0.2) is 92.0 Å². The molecule has 2 saturated heterocycles. The Balaban J connectivity index is 1.71. The molecule has 0 unspecified atom stereocenters. The molecule has 2 rings (SSSR count). The van der Waals surface area contributed by atoms with Crippen molar-refractivity contribution in [2.75, 3.05) is 59.5 Å². The molecule has 1 amide bonds. The highest BCUT2D eigenvalue weighted by atomic mass is 16.6. The standard InChI is InChI=1S/C20H39N3O3/c1-17-15-21(11-12-22(17)13-14-25-5)10-8-18-7-6-9-23(16-18)19(24)26-20(2,3)4/h17-18H,6-16H2,1-5H3/t17-,18-/m0/s1. The largest absolute Gasteiger partial charge is 0.444 e. The van der Waals surface area contributed by atoms with Crippen molar-refractivity contribution in [2.24, 2.45) is 5.92 Å². The number of likely N-dealkylation sites (tertiary alicyclic amines) is 1. The first kappa shape index (κ1) is 21.5. The number of ether oxygens (including phenoxy) is 2. The SMILES string of the molecule is COCCN1CCN(CC[C@@H]2CCCN(C(=O)OC(C)(C)C)C2)C[C@@H]1C. The number of rotatable bonds is 6. The Bertz CT molecular complexity index is 439. The van der Waals surface area contributed by atoms with Crippen LogP contribution in [0.3, 0.4) is 0 Å². The summed E-state index contributed by atoms with van der Waals surface area (Å²) in [4.78, 5) is 19.3. The number of nitrogens with zero attached hydrogens (tertiary/aromatic N) is 3. The number of hydrogen-bond donors (Lipinski definition) is 0. The highest BCUT2D eigenvalue weighted by molar-refractivity contribution is 5.68. The van der Waals surface area contributed by atoms with Gasteiger partial charge in [0.15, 0.2) is 0 Å². The third-order valence-corrected chi connectivity index (χ3v) is 5.46. The van der Waals surface area contributed by atoms with Crippen LogP contribution in [-0.2, 0) is 9.47 Å². The van der Waals surface area contributed by atoms with E-state index in [1.165, 1.54) is 12.8 Å². The zero-order valence-corrected chi connectivity index (χ0v) is 17.5. The molecule has 0 radical (unpaired) electrons. The van der Waals surface area contributed by atoms with Crippen molar-refractivity contribution in [3.05, 3.63) is 0 Å². The second-order valence-electron chi connectivity index (χ2n) is 8.90. The van der Waals surface area contributed by atoms with E-state index in [4.69, 9.17) is 9.47 Å². The van der Waals surface area contributed by atoms with Crippen molar-refractivity contribution in [3.63, 3.8) is 0 Å². The maximum Gasteiger partial charge on any atom is 0.410 e. The molecule has 0 spiro atoms. The van der Waals surface area contributed by atoms with E-state index >= 15 is 0 Å². The number of piperidine rings is 1. The van der Waals surface area contributed by atoms with Crippen LogP contribution in [0.1, 0.15) is 47.0 Å². The van der Waals surface area contributed by atoms with Crippen LogP contribution >= 0.6 is 0 Å². The topological polar surface area (TPSA) is 45.2 Å². The van der Waals surface area contributed by atoms with Crippen LogP contribution in [0.25, 0.3) is 0 Å². The first-order valence-corrected chi connectivity index (χ1v) is 10.2. The highest BCUT2D eigenvalue weighted by Crippen LogP contribution is 2.22. The summed E-state index contributed by atoms with van der Waals surface area (Å²) in [6, 6.07) is 0.587. The van der Waals surface area contributed by atoms with Gasteiger partial charge in [0.2, 0.25) is 0 Å². The van der Waals surface area contributed by atoms with Gasteiger partial charge in [0.25, 0.3) is 0 Å². The predicted molar refractivity (Wildman–Crippen MR) is 104 cm³/mol. The fourth-order valence-electron chi connectivity index (χ4n) is 3.97. The van der Waals surface area contributed by atoms with Gasteiger partial charge in [0.1, 0.15) is 5.60 Å². The van der Waals surface area contributed by atoms with Crippen LogP contribution in [0.2, 0.25) is 0 Å². The minimum atomic E-state index is -0.414. The maximum absolute atomic E-state index is 12.3. The zero-order chi connectivity index (χ0) is 19.2. The minimum Gasteiger partial charge on any atom is -0.444 e. The van der Waals surface area contributed by atoms with E-state index in [-0.39, 0.29) is 6.09 Å². The van der Waals surface area contributed by atoms with Gasteiger partial charge >= 0.3 is 6.09 Å². The highest BCUT2D eigenvalue weighted by Gasteiger charge is 2.29. The fraction of sp³-hybridized carbons (Fsp3) is 0.950. The number of piperazine rings is 1. The molecule has 6 heteroatoms. The Morgan fingerprint density at radius 3 is 2.54 bits per heavy atom. The van der Waals surface area contributed by atoms with Crippen molar-refractivity contribution >= 4 is 6.09 Å². The van der Waals surface area contributed by atoms with Gasteiger partial charge in [-0.3, -0.25) is 4.90 Å². The summed E-state index contributed by atoms with van der Waals surface area (Å²) in [6.07, 6.45) is 3.33. The van der Waals surface area contributed by atoms with Gasteiger partial charge in [-0.15, -0.1) is 0 Å². The molecule has 0 aromatic rings. The summed E-state index contributed by atoms with van der Waals surface area (Å²) in [5.41, 5.74) is -0.414. The smallest absolute Gasteiger partial charge is 0.410 e. The lowest BCUT2D eigenvalue weighted by molar-refractivity contribution is 0.0145. The molecular weight excluding hydrogens is 330 g/mol. The lowest BCUT2D eigenvalue weighted by Gasteiger charge is -2.41. The Morgan fingerprint density at radius 2 is 1.88 bits per heavy atom. The van der Waals surface area contributed by atoms with Gasteiger partial charge in [-0.1, -0.05) is 0 Å². The van der Waals surface area contributed by atoms with Gasteiger partial charge in [-0.2, -0.15) is 0 Å². The summed E-state index contributed by atoms with van der Waals surface area (Å²) in [5, 5.41) is 0. The fourth-order valence-corrected chi connectivity index (χ4v) is 3.97. The number of amides is 1. The summed E-state index contributed by atoms with van der Waals surface area (Å²) in [6.45, 7) is 16.1. The monoisotopic (exact) mass is 369 g/mol. The Hall–Kier alpha value is -0.850. The Labute approximate surface area is 159 Å². The molecule has 6 nitrogen and oxygen atoms in total. The predicted octanol–water partition coefficient (Wildman–Crippen LogP) is 2.68. The molecule has 0 saturated carbocycles. The molecule has 0 aromatic carbocycles. The molecule has 152 valence electrons. The van der Waals surface area contributed by atoms with E-state index in [0.717, 1.165) is 58.8 Å². The van der Waals surface area contributed by atoms with Gasteiger partial charge in [-0.05, 0) is 59.4 Å². The van der Waals surface area contributed by atoms with Gasteiger partial charge in [-0.25, -0.2) is 4.79 Å². The maximum atomic E-state index is 12.3. The molecule has 0 aliphatic carbocycles. The third kappa shape index (κ3) is 7.05. The first-order valence-electron chi connectivity index (χ1n) is 10.2. The van der Waals surface area contributed by atoms with Crippen molar-refractivity contribution < 1.29 is 14.3 Å². The van der Waals surface area contributed by atoms with E-state index in [0.29, 0.717) is 12.0 Å². The molecule has 2 fully saturated rings. The lowest BCUT2D eigenvalue weighted by atomic mass is 9.94. The van der Waals surface area contributed by atoms with Crippen LogP contribution in [0.5, 0.6) is 0 Å². The number of hydrogen-bond acceptors (Lipinski definition) is 5. The molecule has 0 aromatic heterocycles. The second kappa shape index (κ2) is 9.90. The van der Waals surface area contributed by atoms with Crippen molar-refractivity contribution in [2.45, 2.75) is 58.6 Å². The number of carbonyl (C=O) groups excluding carboxylic acids is 1. The van der Waals surface area contributed by atoms with E-state index in [1.807, 2.05) is 25.7 Å². The summed E-state index contributed by atoms with van der Waals surface area (Å²) < 4.78 is 10.7. The van der Waals surface area contributed by atoms with Crippen LogP contribution in [0.4, 0.5) is 4.79 Å². The summed E-state index contributed by atoms with van der Waals surface area (Å²) in [7, 11) is 1.77. The van der Waals surface area contributed by atoms with Crippen molar-refractivity contribution in [1.29, 1.82) is 0 Å². The molecule has 2 aliphatic heterocycles. The molecule has 0 bridgehead atoms. The van der Waals surface area contributed by atoms with Crippen LogP contribution in [0.15, 0.2) is 0 Å². The quantitative estimate of drug-likeness (QED) is 0.720. The molecule has 0 N–H and O–H groups in total. The number of methoxy groups -OCH3 is 1. The van der Waals surface area contributed by atoms with Crippen molar-refractivity contribution in [1.82, 2.24) is 14.7 Å². The Kier molecular flexibility index (Phi) is 8.17. The molecule has 2 heterocycles. The van der Waals surface area contributed by atoms with Crippen LogP contribution < -0.4 is 0 Å². The van der Waals surface area contributed by atoms with Gasteiger partial charge < -0.3 is 19.3 Å². The van der Waals surface area contributed by atoms with Gasteiger partial charge in [0, 0.05) is 52.4 Å². The van der Waals surface area contributed by atoms with E-state index in [2.05, 4.69) is 16.7 Å². The normalized spacial score (nSPS) is 26.1. The second-order valence-corrected chi connectivity index (χ2v) is 8.90. The average molecular weight is 370 g/mol. The minimum absolute atomic E-state index is 0.150. The molecule has 2 aliphatic rings.